The van der Waals surface area contributed by atoms with Gasteiger partial charge in [0.15, 0.2) is 0 Å². The third kappa shape index (κ3) is 4.98. The van der Waals surface area contributed by atoms with Gasteiger partial charge >= 0.3 is 0 Å². The lowest BCUT2D eigenvalue weighted by atomic mass is 10.2. The molecular weight excluding hydrogens is 316 g/mol. The maximum absolute atomic E-state index is 13.4. The van der Waals surface area contributed by atoms with Crippen molar-refractivity contribution < 1.29 is 26.7 Å². The molecule has 0 aliphatic carbocycles. The average molecular weight is 335 g/mol. The van der Waals surface area contributed by atoms with E-state index in [2.05, 4.69) is 4.72 Å². The van der Waals surface area contributed by atoms with Crippen LogP contribution >= 0.6 is 0 Å². The topological polar surface area (TPSA) is 64.6 Å². The molecule has 1 aromatic carbocycles. The predicted molar refractivity (Wildman–Crippen MR) is 76.0 cm³/mol. The lowest BCUT2D eigenvalue weighted by Gasteiger charge is -2.10. The first-order valence-electron chi connectivity index (χ1n) is 7.13. The van der Waals surface area contributed by atoms with E-state index in [1.807, 2.05) is 0 Å². The zero-order chi connectivity index (χ0) is 16.0. The van der Waals surface area contributed by atoms with Gasteiger partial charge in [0.1, 0.15) is 16.5 Å². The molecule has 1 heterocycles. The Morgan fingerprint density at radius 3 is 2.91 bits per heavy atom. The molecule has 0 saturated carbocycles. The number of nitrogens with one attached hydrogen (secondary N) is 1. The summed E-state index contributed by atoms with van der Waals surface area (Å²) in [6.07, 6.45) is 2.57. The molecule has 0 aromatic heterocycles. The monoisotopic (exact) mass is 335 g/mol. The second-order valence-corrected chi connectivity index (χ2v) is 6.77. The molecule has 1 saturated heterocycles. The molecule has 0 spiro atoms. The van der Waals surface area contributed by atoms with Gasteiger partial charge in [0.05, 0.1) is 12.7 Å². The van der Waals surface area contributed by atoms with Crippen molar-refractivity contribution in [3.63, 3.8) is 0 Å². The van der Waals surface area contributed by atoms with E-state index in [0.717, 1.165) is 31.6 Å². The highest BCUT2D eigenvalue weighted by molar-refractivity contribution is 7.89. The number of rotatable bonds is 8. The van der Waals surface area contributed by atoms with E-state index in [4.69, 9.17) is 9.47 Å². The summed E-state index contributed by atoms with van der Waals surface area (Å²) in [6.45, 7) is 1.70. The van der Waals surface area contributed by atoms with Crippen molar-refractivity contribution >= 4 is 10.0 Å². The van der Waals surface area contributed by atoms with Crippen molar-refractivity contribution in [2.45, 2.75) is 30.3 Å². The molecule has 0 bridgehead atoms. The summed E-state index contributed by atoms with van der Waals surface area (Å²) in [6, 6.07) is 2.31. The first kappa shape index (κ1) is 17.3. The van der Waals surface area contributed by atoms with Crippen LogP contribution < -0.4 is 4.72 Å². The van der Waals surface area contributed by atoms with E-state index in [-0.39, 0.29) is 12.6 Å². The highest BCUT2D eigenvalue weighted by Gasteiger charge is 2.19. The molecule has 0 unspecified atom stereocenters. The first-order chi connectivity index (χ1) is 10.5. The number of benzene rings is 1. The van der Waals surface area contributed by atoms with Gasteiger partial charge in [-0.1, -0.05) is 0 Å². The fraction of sp³-hybridized carbons (Fsp3) is 0.571. The molecule has 5 nitrogen and oxygen atoms in total. The summed E-state index contributed by atoms with van der Waals surface area (Å²) in [7, 11) is -4.06. The van der Waals surface area contributed by atoms with Gasteiger partial charge in [-0.15, -0.1) is 0 Å². The molecule has 1 aromatic rings. The summed E-state index contributed by atoms with van der Waals surface area (Å²) in [4.78, 5) is -0.687. The second-order valence-electron chi connectivity index (χ2n) is 5.04. The van der Waals surface area contributed by atoms with Crippen molar-refractivity contribution in [3.05, 3.63) is 29.8 Å². The van der Waals surface area contributed by atoms with E-state index in [9.17, 15) is 17.2 Å². The van der Waals surface area contributed by atoms with Crippen molar-refractivity contribution in [2.75, 3.05) is 26.4 Å². The zero-order valence-electron chi connectivity index (χ0n) is 12.1. The van der Waals surface area contributed by atoms with Gasteiger partial charge in [-0.3, -0.25) is 0 Å². The van der Waals surface area contributed by atoms with E-state index in [1.54, 1.807) is 0 Å². The SMILES string of the molecule is O=S(=O)(NCCCOC[C@@H]1CCCO1)c1cc(F)ccc1F. The third-order valence-corrected chi connectivity index (χ3v) is 4.74. The highest BCUT2D eigenvalue weighted by Crippen LogP contribution is 2.15. The maximum Gasteiger partial charge on any atom is 0.243 e. The van der Waals surface area contributed by atoms with Gasteiger partial charge in [-0.05, 0) is 37.5 Å². The Balaban J connectivity index is 1.72. The molecule has 1 aliphatic heterocycles. The van der Waals surface area contributed by atoms with Crippen molar-refractivity contribution in [1.29, 1.82) is 0 Å². The van der Waals surface area contributed by atoms with Crippen LogP contribution in [-0.4, -0.2) is 40.9 Å². The molecule has 1 fully saturated rings. The second kappa shape index (κ2) is 7.96. The molecular formula is C14H19F2NO4S. The van der Waals surface area contributed by atoms with E-state index in [1.165, 1.54) is 0 Å². The Morgan fingerprint density at radius 1 is 1.36 bits per heavy atom. The van der Waals surface area contributed by atoms with Crippen LogP contribution in [0.2, 0.25) is 0 Å². The van der Waals surface area contributed by atoms with Crippen molar-refractivity contribution in [1.82, 2.24) is 4.72 Å². The van der Waals surface area contributed by atoms with Gasteiger partial charge in [-0.2, -0.15) is 0 Å². The van der Waals surface area contributed by atoms with Crippen LogP contribution in [0, 0.1) is 11.6 Å². The minimum atomic E-state index is -4.06. The quantitative estimate of drug-likeness (QED) is 0.736. The Labute approximate surface area is 128 Å². The molecule has 2 rings (SSSR count). The molecule has 8 heteroatoms. The number of hydrogen-bond acceptors (Lipinski definition) is 4. The fourth-order valence-corrected chi connectivity index (χ4v) is 3.29. The first-order valence-corrected chi connectivity index (χ1v) is 8.61. The van der Waals surface area contributed by atoms with Crippen LogP contribution in [0.4, 0.5) is 8.78 Å². The summed E-state index contributed by atoms with van der Waals surface area (Å²) < 4.78 is 63.2. The smallest absolute Gasteiger partial charge is 0.243 e. The molecule has 0 amide bonds. The third-order valence-electron chi connectivity index (χ3n) is 3.27. The number of halogens is 2. The Morgan fingerprint density at radius 2 is 2.18 bits per heavy atom. The summed E-state index contributed by atoms with van der Waals surface area (Å²) >= 11 is 0. The predicted octanol–water partition coefficient (Wildman–Crippen LogP) is 1.83. The molecule has 22 heavy (non-hydrogen) atoms. The van der Waals surface area contributed by atoms with Crippen LogP contribution in [-0.2, 0) is 19.5 Å². The summed E-state index contributed by atoms with van der Waals surface area (Å²) in [5.74, 6) is -1.79. The normalized spacial score (nSPS) is 18.7. The Hall–Kier alpha value is -1.09. The largest absolute Gasteiger partial charge is 0.379 e. The van der Waals surface area contributed by atoms with Gasteiger partial charge < -0.3 is 9.47 Å². The van der Waals surface area contributed by atoms with Crippen LogP contribution in [0.5, 0.6) is 0 Å². The average Bonchev–Trinajstić information content (AvgIpc) is 2.98. The Kier molecular flexibility index (Phi) is 6.25. The van der Waals surface area contributed by atoms with Crippen LogP contribution in [0.3, 0.4) is 0 Å². The summed E-state index contributed by atoms with van der Waals surface area (Å²) in [5, 5.41) is 0. The van der Waals surface area contributed by atoms with Crippen LogP contribution in [0.1, 0.15) is 19.3 Å². The van der Waals surface area contributed by atoms with Gasteiger partial charge in [0, 0.05) is 19.8 Å². The molecule has 1 N–H and O–H groups in total. The lowest BCUT2D eigenvalue weighted by Crippen LogP contribution is -2.27. The van der Waals surface area contributed by atoms with Gasteiger partial charge in [0.2, 0.25) is 10.0 Å². The van der Waals surface area contributed by atoms with Crippen molar-refractivity contribution in [3.8, 4) is 0 Å². The highest BCUT2D eigenvalue weighted by atomic mass is 32.2. The molecule has 1 atom stereocenters. The lowest BCUT2D eigenvalue weighted by molar-refractivity contribution is 0.0169. The maximum atomic E-state index is 13.4. The minimum Gasteiger partial charge on any atom is -0.379 e. The summed E-state index contributed by atoms with van der Waals surface area (Å²) in [5.41, 5.74) is 0. The van der Waals surface area contributed by atoms with Gasteiger partial charge in [-0.25, -0.2) is 21.9 Å². The molecule has 0 radical (unpaired) electrons. The fourth-order valence-electron chi connectivity index (χ4n) is 2.13. The van der Waals surface area contributed by atoms with E-state index < -0.39 is 26.6 Å². The standard InChI is InChI=1S/C14H19F2NO4S/c15-11-4-5-13(16)14(9-11)22(18,19)17-6-2-7-20-10-12-3-1-8-21-12/h4-5,9,12,17H,1-3,6-8,10H2/t12-/m0/s1. The zero-order valence-corrected chi connectivity index (χ0v) is 12.9. The Bertz CT molecular complexity index is 589. The van der Waals surface area contributed by atoms with E-state index in [0.29, 0.717) is 25.7 Å². The van der Waals surface area contributed by atoms with E-state index >= 15 is 0 Å². The minimum absolute atomic E-state index is 0.0871. The molecule has 124 valence electrons. The van der Waals surface area contributed by atoms with Crippen LogP contribution in [0.15, 0.2) is 23.1 Å². The van der Waals surface area contributed by atoms with Crippen LogP contribution in [0.25, 0.3) is 0 Å². The van der Waals surface area contributed by atoms with Gasteiger partial charge in [0.25, 0.3) is 0 Å². The number of ether oxygens (including phenoxy) is 2. The molecule has 1 aliphatic rings. The number of sulfonamides is 1. The van der Waals surface area contributed by atoms with Crippen molar-refractivity contribution in [2.24, 2.45) is 0 Å². The number of hydrogen-bond donors (Lipinski definition) is 1.